The van der Waals surface area contributed by atoms with Crippen LogP contribution in [-0.2, 0) is 13.1 Å². The average molecular weight is 303 g/mol. The van der Waals surface area contributed by atoms with E-state index in [0.29, 0.717) is 6.54 Å². The van der Waals surface area contributed by atoms with E-state index < -0.39 is 0 Å². The van der Waals surface area contributed by atoms with Gasteiger partial charge in [-0.15, -0.1) is 0 Å². The SMILES string of the molecule is Cc1ccc(=O)n(CCN2CCN(Cc3cocn3)CC2)n1. The molecule has 0 spiro atoms. The van der Waals surface area contributed by atoms with E-state index in [1.165, 1.54) is 6.39 Å². The molecular formula is C15H21N5O2. The minimum absolute atomic E-state index is 0.0322. The van der Waals surface area contributed by atoms with E-state index in [1.54, 1.807) is 23.1 Å². The van der Waals surface area contributed by atoms with Gasteiger partial charge in [0.05, 0.1) is 17.9 Å². The second-order valence-electron chi connectivity index (χ2n) is 5.63. The zero-order valence-electron chi connectivity index (χ0n) is 12.8. The Hall–Kier alpha value is -1.99. The molecular weight excluding hydrogens is 282 g/mol. The summed E-state index contributed by atoms with van der Waals surface area (Å²) in [6.07, 6.45) is 3.17. The summed E-state index contributed by atoms with van der Waals surface area (Å²) in [5.41, 5.74) is 1.82. The molecule has 0 unspecified atom stereocenters. The van der Waals surface area contributed by atoms with Crippen molar-refractivity contribution >= 4 is 0 Å². The quantitative estimate of drug-likeness (QED) is 0.794. The molecule has 7 nitrogen and oxygen atoms in total. The molecule has 0 bridgehead atoms. The van der Waals surface area contributed by atoms with Crippen molar-refractivity contribution in [3.8, 4) is 0 Å². The topological polar surface area (TPSA) is 67.4 Å². The fraction of sp³-hybridized carbons (Fsp3) is 0.533. The normalized spacial score (nSPS) is 17.0. The van der Waals surface area contributed by atoms with Crippen molar-refractivity contribution in [2.24, 2.45) is 0 Å². The van der Waals surface area contributed by atoms with Crippen molar-refractivity contribution in [2.45, 2.75) is 20.0 Å². The minimum atomic E-state index is -0.0322. The molecule has 0 amide bonds. The summed E-state index contributed by atoms with van der Waals surface area (Å²) in [5.74, 6) is 0. The fourth-order valence-electron chi connectivity index (χ4n) is 2.66. The van der Waals surface area contributed by atoms with Crippen molar-refractivity contribution in [3.05, 3.63) is 46.5 Å². The van der Waals surface area contributed by atoms with Crippen LogP contribution in [0.1, 0.15) is 11.4 Å². The van der Waals surface area contributed by atoms with Gasteiger partial charge in [0, 0.05) is 45.3 Å². The highest BCUT2D eigenvalue weighted by atomic mass is 16.3. The number of nitrogens with zero attached hydrogens (tertiary/aromatic N) is 5. The van der Waals surface area contributed by atoms with Gasteiger partial charge in [-0.1, -0.05) is 0 Å². The largest absolute Gasteiger partial charge is 0.451 e. The summed E-state index contributed by atoms with van der Waals surface area (Å²) < 4.78 is 6.55. The maximum Gasteiger partial charge on any atom is 0.266 e. The highest BCUT2D eigenvalue weighted by Gasteiger charge is 2.17. The van der Waals surface area contributed by atoms with Gasteiger partial charge in [0.2, 0.25) is 0 Å². The Morgan fingerprint density at radius 3 is 2.64 bits per heavy atom. The van der Waals surface area contributed by atoms with Gasteiger partial charge in [-0.2, -0.15) is 5.10 Å². The third-order valence-electron chi connectivity index (χ3n) is 3.96. The van der Waals surface area contributed by atoms with Gasteiger partial charge in [0.25, 0.3) is 5.56 Å². The number of rotatable bonds is 5. The van der Waals surface area contributed by atoms with E-state index >= 15 is 0 Å². The predicted molar refractivity (Wildman–Crippen MR) is 81.5 cm³/mol. The minimum Gasteiger partial charge on any atom is -0.451 e. The molecule has 3 rings (SSSR count). The van der Waals surface area contributed by atoms with Crippen LogP contribution in [0.4, 0.5) is 0 Å². The molecule has 7 heteroatoms. The molecule has 1 aliphatic heterocycles. The van der Waals surface area contributed by atoms with Crippen molar-refractivity contribution in [2.75, 3.05) is 32.7 Å². The highest BCUT2D eigenvalue weighted by Crippen LogP contribution is 2.06. The summed E-state index contributed by atoms with van der Waals surface area (Å²) in [6.45, 7) is 8.24. The molecule has 0 radical (unpaired) electrons. The number of hydrogen-bond acceptors (Lipinski definition) is 6. The summed E-state index contributed by atoms with van der Waals surface area (Å²) in [6, 6.07) is 3.33. The first-order valence-corrected chi connectivity index (χ1v) is 7.57. The maximum atomic E-state index is 11.7. The van der Waals surface area contributed by atoms with Crippen LogP contribution in [-0.4, -0.2) is 57.3 Å². The lowest BCUT2D eigenvalue weighted by Gasteiger charge is -2.34. The van der Waals surface area contributed by atoms with Crippen molar-refractivity contribution in [3.63, 3.8) is 0 Å². The van der Waals surface area contributed by atoms with E-state index in [4.69, 9.17) is 4.42 Å². The van der Waals surface area contributed by atoms with Gasteiger partial charge in [-0.05, 0) is 13.0 Å². The third-order valence-corrected chi connectivity index (χ3v) is 3.96. The number of aryl methyl sites for hydroxylation is 1. The van der Waals surface area contributed by atoms with Crippen LogP contribution in [0, 0.1) is 6.92 Å². The van der Waals surface area contributed by atoms with Crippen LogP contribution < -0.4 is 5.56 Å². The molecule has 0 N–H and O–H groups in total. The van der Waals surface area contributed by atoms with E-state index in [-0.39, 0.29) is 5.56 Å². The lowest BCUT2D eigenvalue weighted by molar-refractivity contribution is 0.121. The fourth-order valence-corrected chi connectivity index (χ4v) is 2.66. The van der Waals surface area contributed by atoms with E-state index in [2.05, 4.69) is 19.9 Å². The lowest BCUT2D eigenvalue weighted by atomic mass is 10.3. The van der Waals surface area contributed by atoms with Crippen LogP contribution in [0.5, 0.6) is 0 Å². The van der Waals surface area contributed by atoms with Gasteiger partial charge < -0.3 is 4.42 Å². The van der Waals surface area contributed by atoms with Crippen LogP contribution in [0.25, 0.3) is 0 Å². The Morgan fingerprint density at radius 2 is 1.91 bits per heavy atom. The molecule has 0 saturated carbocycles. The smallest absolute Gasteiger partial charge is 0.266 e. The van der Waals surface area contributed by atoms with Gasteiger partial charge >= 0.3 is 0 Å². The molecule has 118 valence electrons. The summed E-state index contributed by atoms with van der Waals surface area (Å²) >= 11 is 0. The Bertz CT molecular complexity index is 644. The van der Waals surface area contributed by atoms with Crippen LogP contribution in [0.15, 0.2) is 34.0 Å². The molecule has 2 aromatic rings. The van der Waals surface area contributed by atoms with E-state index in [9.17, 15) is 4.79 Å². The zero-order valence-corrected chi connectivity index (χ0v) is 12.8. The number of hydrogen-bond donors (Lipinski definition) is 0. The number of aromatic nitrogens is 3. The standard InChI is InChI=1S/C15H21N5O2/c1-13-2-3-15(21)20(17-13)9-8-18-4-6-19(7-5-18)10-14-11-22-12-16-14/h2-3,11-12H,4-10H2,1H3. The van der Waals surface area contributed by atoms with Gasteiger partial charge in [-0.25, -0.2) is 9.67 Å². The van der Waals surface area contributed by atoms with Crippen molar-refractivity contribution in [1.29, 1.82) is 0 Å². The van der Waals surface area contributed by atoms with E-state index in [0.717, 1.165) is 50.7 Å². The zero-order chi connectivity index (χ0) is 15.4. The van der Waals surface area contributed by atoms with Gasteiger partial charge in [0.15, 0.2) is 6.39 Å². The summed E-state index contributed by atoms with van der Waals surface area (Å²) in [7, 11) is 0. The highest BCUT2D eigenvalue weighted by molar-refractivity contribution is 4.97. The van der Waals surface area contributed by atoms with Gasteiger partial charge in [0.1, 0.15) is 6.26 Å². The molecule has 0 atom stereocenters. The molecule has 3 heterocycles. The lowest BCUT2D eigenvalue weighted by Crippen LogP contribution is -2.47. The Balaban J connectivity index is 1.46. The summed E-state index contributed by atoms with van der Waals surface area (Å²) in [5, 5.41) is 4.27. The molecule has 1 aliphatic rings. The molecule has 1 fully saturated rings. The van der Waals surface area contributed by atoms with Gasteiger partial charge in [-0.3, -0.25) is 14.6 Å². The predicted octanol–water partition coefficient (Wildman–Crippen LogP) is 0.358. The average Bonchev–Trinajstić information content (AvgIpc) is 3.03. The second-order valence-corrected chi connectivity index (χ2v) is 5.63. The van der Waals surface area contributed by atoms with Crippen molar-refractivity contribution in [1.82, 2.24) is 24.6 Å². The van der Waals surface area contributed by atoms with Crippen LogP contribution in [0.3, 0.4) is 0 Å². The van der Waals surface area contributed by atoms with Crippen LogP contribution >= 0.6 is 0 Å². The molecule has 0 aliphatic carbocycles. The maximum absolute atomic E-state index is 11.7. The molecule has 2 aromatic heterocycles. The van der Waals surface area contributed by atoms with E-state index in [1.807, 2.05) is 6.92 Å². The first kappa shape index (κ1) is 14.9. The second kappa shape index (κ2) is 6.85. The Kier molecular flexibility index (Phi) is 4.65. The van der Waals surface area contributed by atoms with Crippen molar-refractivity contribution < 1.29 is 4.42 Å². The Morgan fingerprint density at radius 1 is 1.14 bits per heavy atom. The van der Waals surface area contributed by atoms with Crippen LogP contribution in [0.2, 0.25) is 0 Å². The monoisotopic (exact) mass is 303 g/mol. The summed E-state index contributed by atoms with van der Waals surface area (Å²) in [4.78, 5) is 20.6. The first-order chi connectivity index (χ1) is 10.7. The number of piperazine rings is 1. The molecule has 22 heavy (non-hydrogen) atoms. The molecule has 0 aromatic carbocycles. The first-order valence-electron chi connectivity index (χ1n) is 7.57. The Labute approximate surface area is 129 Å². The number of oxazole rings is 1. The third kappa shape index (κ3) is 3.80. The molecule has 1 saturated heterocycles.